The van der Waals surface area contributed by atoms with Gasteiger partial charge in [-0.25, -0.2) is 18.4 Å². The van der Waals surface area contributed by atoms with Crippen LogP contribution in [0.1, 0.15) is 32.1 Å². The van der Waals surface area contributed by atoms with Crippen molar-refractivity contribution in [3.8, 4) is 11.4 Å². The molecule has 0 radical (unpaired) electrons. The summed E-state index contributed by atoms with van der Waals surface area (Å²) in [5, 5.41) is 5.12. The maximum atomic E-state index is 12.7. The lowest BCUT2D eigenvalue weighted by Gasteiger charge is -2.11. The predicted molar refractivity (Wildman–Crippen MR) is 114 cm³/mol. The third kappa shape index (κ3) is 4.68. The molecule has 0 aliphatic rings. The zero-order valence-electron chi connectivity index (χ0n) is 17.3. The second-order valence-corrected chi connectivity index (χ2v) is 8.42. The van der Waals surface area contributed by atoms with Crippen molar-refractivity contribution in [2.45, 2.75) is 18.7 Å². The maximum Gasteiger partial charge on any atom is 0.342 e. The van der Waals surface area contributed by atoms with Crippen molar-refractivity contribution in [1.82, 2.24) is 4.57 Å². The number of para-hydroxylation sites is 1. The van der Waals surface area contributed by atoms with E-state index in [0.29, 0.717) is 5.56 Å². The first-order valence-electron chi connectivity index (χ1n) is 9.29. The van der Waals surface area contributed by atoms with E-state index in [9.17, 15) is 18.0 Å². The van der Waals surface area contributed by atoms with E-state index in [2.05, 4.69) is 0 Å². The summed E-state index contributed by atoms with van der Waals surface area (Å²) < 4.78 is 35.3. The Morgan fingerprint density at radius 2 is 1.68 bits per heavy atom. The van der Waals surface area contributed by atoms with E-state index in [0.717, 1.165) is 23.1 Å². The molecule has 0 spiro atoms. The number of rotatable bonds is 7. The number of ketones is 1. The van der Waals surface area contributed by atoms with Gasteiger partial charge in [-0.3, -0.25) is 4.79 Å². The number of methoxy groups -OCH3 is 1. The predicted octanol–water partition coefficient (Wildman–Crippen LogP) is 2.79. The van der Waals surface area contributed by atoms with Gasteiger partial charge in [-0.15, -0.1) is 0 Å². The van der Waals surface area contributed by atoms with Crippen LogP contribution in [0.25, 0.3) is 5.69 Å². The van der Waals surface area contributed by atoms with Gasteiger partial charge in [0.25, 0.3) is 0 Å². The first-order valence-corrected chi connectivity index (χ1v) is 10.8. The van der Waals surface area contributed by atoms with Crippen molar-refractivity contribution in [3.63, 3.8) is 0 Å². The number of aryl methyl sites for hydroxylation is 1. The molecule has 0 fully saturated rings. The summed E-state index contributed by atoms with van der Waals surface area (Å²) in [6.07, 6.45) is 0. The highest BCUT2D eigenvalue weighted by molar-refractivity contribution is 7.89. The van der Waals surface area contributed by atoms with Crippen LogP contribution in [0.2, 0.25) is 0 Å². The number of aromatic nitrogens is 1. The smallest absolute Gasteiger partial charge is 0.342 e. The van der Waals surface area contributed by atoms with Crippen LogP contribution in [-0.4, -0.2) is 38.5 Å². The van der Waals surface area contributed by atoms with E-state index in [4.69, 9.17) is 14.6 Å². The number of primary sulfonamides is 1. The van der Waals surface area contributed by atoms with Crippen molar-refractivity contribution >= 4 is 21.8 Å². The number of carbonyl (C=O) groups excluding carboxylic acids is 2. The SMILES string of the molecule is COc1ccc(S(N)(=O)=O)cc1C(=O)OCC(=O)c1cc(C)n(-c2ccccc2)c1C. The van der Waals surface area contributed by atoms with Crippen molar-refractivity contribution in [2.75, 3.05) is 13.7 Å². The molecule has 0 unspecified atom stereocenters. The lowest BCUT2D eigenvalue weighted by Crippen LogP contribution is -2.17. The number of carbonyl (C=O) groups is 2. The number of sulfonamides is 1. The molecule has 2 aromatic carbocycles. The molecule has 0 bridgehead atoms. The molecule has 3 rings (SSSR count). The number of esters is 1. The molecular weight excluding hydrogens is 420 g/mol. The van der Waals surface area contributed by atoms with Crippen LogP contribution in [0.4, 0.5) is 0 Å². The molecule has 3 aromatic rings. The van der Waals surface area contributed by atoms with Gasteiger partial charge >= 0.3 is 5.97 Å². The number of Topliss-reactive ketones (excluding diaryl/α,β-unsaturated/α-hetero) is 1. The number of nitrogens with zero attached hydrogens (tertiary/aromatic N) is 1. The van der Waals surface area contributed by atoms with E-state index in [1.807, 2.05) is 48.7 Å². The minimum absolute atomic E-state index is 0.104. The lowest BCUT2D eigenvalue weighted by molar-refractivity contribution is 0.0471. The molecule has 9 heteroatoms. The summed E-state index contributed by atoms with van der Waals surface area (Å²) in [6, 6.07) is 14.9. The molecule has 2 N–H and O–H groups in total. The van der Waals surface area contributed by atoms with Crippen LogP contribution in [0.5, 0.6) is 5.75 Å². The summed E-state index contributed by atoms with van der Waals surface area (Å²) in [4.78, 5) is 25.0. The Balaban J connectivity index is 1.81. The van der Waals surface area contributed by atoms with Gasteiger partial charge in [-0.1, -0.05) is 18.2 Å². The van der Waals surface area contributed by atoms with Crippen LogP contribution in [0, 0.1) is 13.8 Å². The average molecular weight is 442 g/mol. The number of hydrogen-bond donors (Lipinski definition) is 1. The van der Waals surface area contributed by atoms with Crippen LogP contribution < -0.4 is 9.88 Å². The van der Waals surface area contributed by atoms with Gasteiger partial charge in [-0.05, 0) is 50.2 Å². The molecule has 1 aromatic heterocycles. The van der Waals surface area contributed by atoms with Gasteiger partial charge in [0.05, 0.1) is 12.0 Å². The Morgan fingerprint density at radius 3 is 2.29 bits per heavy atom. The van der Waals surface area contributed by atoms with Crippen molar-refractivity contribution < 1.29 is 27.5 Å². The van der Waals surface area contributed by atoms with E-state index in [-0.39, 0.29) is 22.0 Å². The molecule has 0 aliphatic carbocycles. The monoisotopic (exact) mass is 442 g/mol. The van der Waals surface area contributed by atoms with E-state index in [1.54, 1.807) is 6.07 Å². The minimum atomic E-state index is -4.03. The maximum absolute atomic E-state index is 12.7. The number of benzene rings is 2. The van der Waals surface area contributed by atoms with Crippen molar-refractivity contribution in [2.24, 2.45) is 5.14 Å². The number of ether oxygens (including phenoxy) is 2. The van der Waals surface area contributed by atoms with Gasteiger partial charge in [0, 0.05) is 22.6 Å². The highest BCUT2D eigenvalue weighted by atomic mass is 32.2. The topological polar surface area (TPSA) is 118 Å². The van der Waals surface area contributed by atoms with E-state index < -0.39 is 22.6 Å². The molecule has 31 heavy (non-hydrogen) atoms. The minimum Gasteiger partial charge on any atom is -0.496 e. The quantitative estimate of drug-likeness (QED) is 0.444. The van der Waals surface area contributed by atoms with Gasteiger partial charge < -0.3 is 14.0 Å². The van der Waals surface area contributed by atoms with Gasteiger partial charge in [0.2, 0.25) is 15.8 Å². The van der Waals surface area contributed by atoms with E-state index in [1.165, 1.54) is 19.2 Å². The molecule has 1 heterocycles. The van der Waals surface area contributed by atoms with Crippen molar-refractivity contribution in [3.05, 3.63) is 77.1 Å². The molecule has 0 saturated heterocycles. The van der Waals surface area contributed by atoms with Gasteiger partial charge in [0.1, 0.15) is 11.3 Å². The van der Waals surface area contributed by atoms with Crippen molar-refractivity contribution in [1.29, 1.82) is 0 Å². The molecule has 0 atom stereocenters. The Kier molecular flexibility index (Phi) is 6.28. The fourth-order valence-corrected chi connectivity index (χ4v) is 3.87. The highest BCUT2D eigenvalue weighted by Gasteiger charge is 2.22. The Hall–Kier alpha value is -3.43. The first-order chi connectivity index (χ1) is 14.6. The highest BCUT2D eigenvalue weighted by Crippen LogP contribution is 2.24. The Labute approximate surface area is 180 Å². The molecule has 8 nitrogen and oxygen atoms in total. The largest absolute Gasteiger partial charge is 0.496 e. The Bertz CT molecular complexity index is 1250. The standard InChI is InChI=1S/C22H22N2O6S/c1-14-11-18(15(2)24(14)16-7-5-4-6-8-16)20(25)13-30-22(26)19-12-17(31(23,27)28)9-10-21(19)29-3/h4-12H,13H2,1-3H3,(H2,23,27,28). The van der Waals surface area contributed by atoms with Crippen LogP contribution in [0.3, 0.4) is 0 Å². The second-order valence-electron chi connectivity index (χ2n) is 6.86. The summed E-state index contributed by atoms with van der Waals surface area (Å²) in [6.45, 7) is 3.18. The first kappa shape index (κ1) is 22.3. The molecular formula is C22H22N2O6S. The second kappa shape index (κ2) is 8.75. The molecule has 0 aliphatic heterocycles. The normalized spacial score (nSPS) is 11.2. The summed E-state index contributed by atoms with van der Waals surface area (Å²) in [7, 11) is -2.70. The molecule has 162 valence electrons. The third-order valence-electron chi connectivity index (χ3n) is 4.80. The van der Waals surface area contributed by atoms with Crippen LogP contribution in [0.15, 0.2) is 59.5 Å². The summed E-state index contributed by atoms with van der Waals surface area (Å²) >= 11 is 0. The number of nitrogens with two attached hydrogens (primary N) is 1. The third-order valence-corrected chi connectivity index (χ3v) is 5.71. The van der Waals surface area contributed by atoms with Gasteiger partial charge in [-0.2, -0.15) is 0 Å². The molecule has 0 amide bonds. The average Bonchev–Trinajstić information content (AvgIpc) is 3.05. The van der Waals surface area contributed by atoms with Crippen LogP contribution >= 0.6 is 0 Å². The Morgan fingerprint density at radius 1 is 1.00 bits per heavy atom. The zero-order valence-corrected chi connectivity index (χ0v) is 18.1. The van der Waals surface area contributed by atoms with Crippen LogP contribution in [-0.2, 0) is 14.8 Å². The zero-order chi connectivity index (χ0) is 22.8. The summed E-state index contributed by atoms with van der Waals surface area (Å²) in [5.74, 6) is -1.18. The van der Waals surface area contributed by atoms with Gasteiger partial charge in [0.15, 0.2) is 6.61 Å². The fraction of sp³-hybridized carbons (Fsp3) is 0.182. The summed E-state index contributed by atoms with van der Waals surface area (Å²) in [5.41, 5.74) is 2.79. The molecule has 0 saturated carbocycles. The number of hydrogen-bond acceptors (Lipinski definition) is 6. The fourth-order valence-electron chi connectivity index (χ4n) is 3.33. The lowest BCUT2D eigenvalue weighted by atomic mass is 10.1. The van der Waals surface area contributed by atoms with E-state index >= 15 is 0 Å².